The summed E-state index contributed by atoms with van der Waals surface area (Å²) in [6.45, 7) is 0. The maximum atomic E-state index is 14.1. The minimum Gasteiger partial charge on any atom is -0.481 e. The number of halogens is 2. The summed E-state index contributed by atoms with van der Waals surface area (Å²) >= 11 is 0. The lowest BCUT2D eigenvalue weighted by Gasteiger charge is -2.09. The molecule has 0 atom stereocenters. The molecule has 0 saturated carbocycles. The Kier molecular flexibility index (Phi) is 3.23. The van der Waals surface area contributed by atoms with Gasteiger partial charge in [-0.25, -0.2) is 18.8 Å². The molecular formula is C16H11F2N5O. The highest BCUT2D eigenvalue weighted by molar-refractivity contribution is 6.12. The second-order valence-electron chi connectivity index (χ2n) is 5.06. The van der Waals surface area contributed by atoms with Crippen LogP contribution in [0.15, 0.2) is 41.5 Å². The zero-order chi connectivity index (χ0) is 16.7. The van der Waals surface area contributed by atoms with Crippen molar-refractivity contribution in [3.05, 3.63) is 53.7 Å². The summed E-state index contributed by atoms with van der Waals surface area (Å²) in [5.74, 6) is -0.989. The Morgan fingerprint density at radius 3 is 2.62 bits per heavy atom. The quantitative estimate of drug-likeness (QED) is 0.757. The molecule has 0 unspecified atom stereocenters. The summed E-state index contributed by atoms with van der Waals surface area (Å²) in [7, 11) is 1.50. The van der Waals surface area contributed by atoms with Crippen LogP contribution in [-0.4, -0.2) is 28.1 Å². The minimum absolute atomic E-state index is 0.0407. The standard InChI is InChI=1S/C16H11F2N5O/c1-24-12-6-5-10-14(22-12)15-11(7-19-23-15)21-16(20-10)13-8(17)3-2-4-9(13)18/h2-7H,1H3,(H,19,23)(H,20,21). The highest BCUT2D eigenvalue weighted by Crippen LogP contribution is 2.37. The molecule has 3 aromatic rings. The number of methoxy groups -OCH3 is 1. The van der Waals surface area contributed by atoms with E-state index < -0.39 is 11.6 Å². The van der Waals surface area contributed by atoms with E-state index in [1.807, 2.05) is 0 Å². The van der Waals surface area contributed by atoms with Crippen molar-refractivity contribution in [1.82, 2.24) is 15.2 Å². The largest absolute Gasteiger partial charge is 0.481 e. The summed E-state index contributed by atoms with van der Waals surface area (Å²) in [5.41, 5.74) is 1.73. The fourth-order valence-corrected chi connectivity index (χ4v) is 2.50. The van der Waals surface area contributed by atoms with E-state index in [-0.39, 0.29) is 11.4 Å². The number of aromatic nitrogens is 3. The van der Waals surface area contributed by atoms with Crippen LogP contribution in [0.2, 0.25) is 0 Å². The van der Waals surface area contributed by atoms with Crippen LogP contribution >= 0.6 is 0 Å². The number of rotatable bonds is 2. The number of pyridine rings is 1. The summed E-state index contributed by atoms with van der Waals surface area (Å²) in [6.07, 6.45) is 1.50. The van der Waals surface area contributed by atoms with Crippen molar-refractivity contribution >= 4 is 17.2 Å². The lowest BCUT2D eigenvalue weighted by Crippen LogP contribution is -2.16. The van der Waals surface area contributed by atoms with Crippen LogP contribution in [-0.2, 0) is 0 Å². The molecule has 2 N–H and O–H groups in total. The molecule has 1 aliphatic heterocycles. The molecule has 1 aliphatic rings. The highest BCUT2D eigenvalue weighted by atomic mass is 19.1. The zero-order valence-corrected chi connectivity index (χ0v) is 12.5. The SMILES string of the molecule is COc1ccc2c(n1)-c1[nH]ncc1NC(c1c(F)cccc1F)=N2. The normalized spacial score (nSPS) is 12.5. The first-order valence-corrected chi connectivity index (χ1v) is 7.06. The molecule has 0 radical (unpaired) electrons. The maximum Gasteiger partial charge on any atom is 0.213 e. The van der Waals surface area contributed by atoms with Crippen LogP contribution in [0.4, 0.5) is 20.2 Å². The summed E-state index contributed by atoms with van der Waals surface area (Å²) in [5, 5.41) is 9.69. The predicted octanol–water partition coefficient (Wildman–Crippen LogP) is 3.26. The third-order valence-electron chi connectivity index (χ3n) is 3.62. The van der Waals surface area contributed by atoms with Crippen LogP contribution < -0.4 is 10.1 Å². The Morgan fingerprint density at radius 1 is 1.08 bits per heavy atom. The van der Waals surface area contributed by atoms with Gasteiger partial charge in [0, 0.05) is 6.07 Å². The smallest absolute Gasteiger partial charge is 0.213 e. The highest BCUT2D eigenvalue weighted by Gasteiger charge is 2.24. The Bertz CT molecular complexity index is 947. The molecule has 120 valence electrons. The fourth-order valence-electron chi connectivity index (χ4n) is 2.50. The molecule has 0 bridgehead atoms. The number of ether oxygens (including phenoxy) is 1. The van der Waals surface area contributed by atoms with E-state index >= 15 is 0 Å². The first kappa shape index (κ1) is 14.3. The minimum atomic E-state index is -0.712. The molecule has 3 heterocycles. The number of hydrogen-bond donors (Lipinski definition) is 2. The Morgan fingerprint density at radius 2 is 1.88 bits per heavy atom. The van der Waals surface area contributed by atoms with Crippen molar-refractivity contribution in [1.29, 1.82) is 0 Å². The number of nitrogens with zero attached hydrogens (tertiary/aromatic N) is 3. The van der Waals surface area contributed by atoms with Crippen molar-refractivity contribution in [3.8, 4) is 17.3 Å². The Balaban J connectivity index is 1.97. The average molecular weight is 327 g/mol. The van der Waals surface area contributed by atoms with Crippen molar-refractivity contribution < 1.29 is 13.5 Å². The Hall–Kier alpha value is -3.29. The summed E-state index contributed by atoms with van der Waals surface area (Å²) in [6, 6.07) is 6.94. The topological polar surface area (TPSA) is 75.2 Å². The first-order chi connectivity index (χ1) is 11.7. The van der Waals surface area contributed by atoms with Gasteiger partial charge in [0.25, 0.3) is 0 Å². The van der Waals surface area contributed by atoms with Crippen LogP contribution in [0.3, 0.4) is 0 Å². The molecule has 0 saturated heterocycles. The fraction of sp³-hybridized carbons (Fsp3) is 0.0625. The van der Waals surface area contributed by atoms with Gasteiger partial charge >= 0.3 is 0 Å². The van der Waals surface area contributed by atoms with Crippen molar-refractivity contribution in [2.75, 3.05) is 12.4 Å². The van der Waals surface area contributed by atoms with Gasteiger partial charge in [0.05, 0.1) is 30.2 Å². The number of anilines is 1. The molecule has 4 rings (SSSR count). The molecule has 0 aliphatic carbocycles. The van der Waals surface area contributed by atoms with Crippen LogP contribution in [0.1, 0.15) is 5.56 Å². The van der Waals surface area contributed by atoms with Gasteiger partial charge in [-0.3, -0.25) is 5.10 Å². The van der Waals surface area contributed by atoms with Gasteiger partial charge < -0.3 is 10.1 Å². The summed E-state index contributed by atoms with van der Waals surface area (Å²) in [4.78, 5) is 8.70. The second kappa shape index (κ2) is 5.41. The molecule has 0 amide bonds. The molecule has 24 heavy (non-hydrogen) atoms. The molecule has 1 aromatic carbocycles. The zero-order valence-electron chi connectivity index (χ0n) is 12.5. The lowest BCUT2D eigenvalue weighted by atomic mass is 10.1. The first-order valence-electron chi connectivity index (χ1n) is 7.06. The number of hydrogen-bond acceptors (Lipinski definition) is 5. The van der Waals surface area contributed by atoms with Crippen molar-refractivity contribution in [2.45, 2.75) is 0 Å². The molecule has 0 fully saturated rings. The molecule has 2 aromatic heterocycles. The summed E-state index contributed by atoms with van der Waals surface area (Å²) < 4.78 is 33.4. The third-order valence-corrected chi connectivity index (χ3v) is 3.62. The van der Waals surface area contributed by atoms with E-state index in [4.69, 9.17) is 4.74 Å². The number of aliphatic imine (C=N–C) groups is 1. The van der Waals surface area contributed by atoms with E-state index in [9.17, 15) is 8.78 Å². The van der Waals surface area contributed by atoms with Crippen molar-refractivity contribution in [3.63, 3.8) is 0 Å². The van der Waals surface area contributed by atoms with E-state index in [2.05, 4.69) is 25.5 Å². The number of H-pyrrole nitrogens is 1. The third kappa shape index (κ3) is 2.19. The van der Waals surface area contributed by atoms with Gasteiger partial charge in [0.15, 0.2) is 0 Å². The number of aromatic amines is 1. The molecule has 6 nitrogen and oxygen atoms in total. The predicted molar refractivity (Wildman–Crippen MR) is 84.5 cm³/mol. The van der Waals surface area contributed by atoms with E-state index in [1.54, 1.807) is 12.1 Å². The molecular weight excluding hydrogens is 316 g/mol. The number of amidine groups is 1. The van der Waals surface area contributed by atoms with E-state index in [1.165, 1.54) is 31.5 Å². The molecule has 8 heteroatoms. The number of benzene rings is 1. The van der Waals surface area contributed by atoms with Crippen LogP contribution in [0.5, 0.6) is 5.88 Å². The molecule has 0 spiro atoms. The van der Waals surface area contributed by atoms with Gasteiger partial charge in [-0.05, 0) is 18.2 Å². The van der Waals surface area contributed by atoms with Gasteiger partial charge in [0.2, 0.25) is 5.88 Å². The maximum absolute atomic E-state index is 14.1. The van der Waals surface area contributed by atoms with Crippen molar-refractivity contribution in [2.24, 2.45) is 4.99 Å². The number of nitrogens with one attached hydrogen (secondary N) is 2. The second-order valence-corrected chi connectivity index (χ2v) is 5.06. The Labute approximate surface area is 135 Å². The average Bonchev–Trinajstić information content (AvgIpc) is 2.97. The van der Waals surface area contributed by atoms with Gasteiger partial charge in [-0.2, -0.15) is 5.10 Å². The lowest BCUT2D eigenvalue weighted by molar-refractivity contribution is 0.398. The van der Waals surface area contributed by atoms with E-state index in [0.717, 1.165) is 0 Å². The van der Waals surface area contributed by atoms with Crippen LogP contribution in [0.25, 0.3) is 11.4 Å². The monoisotopic (exact) mass is 327 g/mol. The van der Waals surface area contributed by atoms with Gasteiger partial charge in [0.1, 0.15) is 28.9 Å². The van der Waals surface area contributed by atoms with Gasteiger partial charge in [-0.1, -0.05) is 6.07 Å². The van der Waals surface area contributed by atoms with Crippen LogP contribution in [0, 0.1) is 11.6 Å². The number of fused-ring (bicyclic) bond motifs is 3. The van der Waals surface area contributed by atoms with Gasteiger partial charge in [-0.15, -0.1) is 0 Å². The van der Waals surface area contributed by atoms with E-state index in [0.29, 0.717) is 28.6 Å².